The monoisotopic (exact) mass is 1700 g/mol. The molecular weight excluding hydrogens is 1570 g/mol. The molecule has 3 aliphatic heterocycles. The Balaban J connectivity index is 0.00000237. The van der Waals surface area contributed by atoms with Crippen molar-refractivity contribution in [3.8, 4) is 0 Å². The van der Waals surface area contributed by atoms with Gasteiger partial charge in [-0.1, -0.05) is 113 Å². The number of unbranched alkanes of at least 4 members (excludes halogenated alkanes) is 3. The summed E-state index contributed by atoms with van der Waals surface area (Å²) in [5.74, 6) is -7.50. The van der Waals surface area contributed by atoms with E-state index >= 15 is 4.79 Å². The van der Waals surface area contributed by atoms with Crippen molar-refractivity contribution in [2.75, 3.05) is 67.8 Å². The minimum absolute atomic E-state index is 0.00416. The number of ether oxygens (including phenoxy) is 4. The standard InChI is InChI=1S/C83H127FN8O17S.C5H5NO4/c1-18-53(8)75(90(15)80(103)63(51(4)5)44-67(95)74(52(6)7)88(12)13)68(106-16)45-71(97)92-47-61(43-65(92)77(107-17)54(9)78(101)86-55(10)76(100)58-33-35-59(84)36-34-58)109-82(105)89(14)39-24-28-73(99)108-48-57-31-29-56(30-32-57)41-66(94)64(26-21-22-27-70(85)96)87-79(102)62(50(2)3)42-60(93)25-20-19-23-40-91-72(98)46-69(81(91)104)110-49-83(11)37-38-83;7-3-10-6-4(8)1-2-5(6)9/h29-36,50-55,61-65,68-69,74-75,77H,18-28,37-49H2,1-17H3,(H2,85,96)(H,86,101)(H,87,102);3H,1-2H2/t53-,54+,55-,61-,62-,63-,64-,65-,68+,69?,74-,75-,77+;/m0./s1. The lowest BCUT2D eigenvalue weighted by Crippen LogP contribution is -2.54. The number of hydrogen-bond donors (Lipinski definition) is 3. The first-order chi connectivity index (χ1) is 56.6. The van der Waals surface area contributed by atoms with Gasteiger partial charge in [-0.05, 0) is 136 Å². The van der Waals surface area contributed by atoms with Crippen molar-refractivity contribution in [2.24, 2.45) is 52.6 Å². The third-order valence-electron chi connectivity index (χ3n) is 23.4. The van der Waals surface area contributed by atoms with Crippen LogP contribution in [0.5, 0.6) is 0 Å². The molecule has 1 aliphatic carbocycles. The molecule has 0 aromatic heterocycles. The number of nitrogens with zero attached hydrogens (tertiary/aromatic N) is 6. The van der Waals surface area contributed by atoms with Gasteiger partial charge in [0.1, 0.15) is 24.3 Å². The molecule has 30 nitrogen and oxygen atoms in total. The predicted molar refractivity (Wildman–Crippen MR) is 446 cm³/mol. The first-order valence-corrected chi connectivity index (χ1v) is 43.3. The van der Waals surface area contributed by atoms with Crippen molar-refractivity contribution in [1.29, 1.82) is 0 Å². The number of hydrogen-bond acceptors (Lipinski definition) is 23. The Morgan fingerprint density at radius 2 is 1.33 bits per heavy atom. The van der Waals surface area contributed by atoms with Crippen molar-refractivity contribution >= 4 is 107 Å². The van der Waals surface area contributed by atoms with Gasteiger partial charge in [0.25, 0.3) is 11.8 Å². The molecule has 4 N–H and O–H groups in total. The van der Waals surface area contributed by atoms with Crippen LogP contribution in [0.15, 0.2) is 48.5 Å². The number of likely N-dealkylation sites (tertiary alicyclic amines) is 2. The number of benzene rings is 2. The van der Waals surface area contributed by atoms with Crippen LogP contribution in [0.1, 0.15) is 226 Å². The van der Waals surface area contributed by atoms with Crippen LogP contribution in [-0.4, -0.2) is 246 Å². The van der Waals surface area contributed by atoms with Crippen molar-refractivity contribution in [2.45, 2.75) is 271 Å². The quantitative estimate of drug-likeness (QED) is 0.0183. The summed E-state index contributed by atoms with van der Waals surface area (Å²) in [6.07, 6.45) is 2.79. The summed E-state index contributed by atoms with van der Waals surface area (Å²) < 4.78 is 37.7. The van der Waals surface area contributed by atoms with Crippen LogP contribution >= 0.6 is 11.8 Å². The summed E-state index contributed by atoms with van der Waals surface area (Å²) in [5.41, 5.74) is 7.11. The fraction of sp³-hybridized carbons (Fsp3) is 0.682. The van der Waals surface area contributed by atoms with Crippen LogP contribution in [0.3, 0.4) is 0 Å². The Labute approximate surface area is 711 Å². The molecule has 668 valence electrons. The molecule has 10 amide bonds. The van der Waals surface area contributed by atoms with Crippen LogP contribution < -0.4 is 16.4 Å². The second-order valence-corrected chi connectivity index (χ2v) is 35.4. The number of imide groups is 2. The van der Waals surface area contributed by atoms with Crippen LogP contribution in [0.4, 0.5) is 9.18 Å². The van der Waals surface area contributed by atoms with Gasteiger partial charge in [0.15, 0.2) is 17.3 Å². The maximum absolute atomic E-state index is 15.1. The number of Topliss-reactive ketones (excluding diaryl/α,β-unsaturated/α-hetero) is 4. The van der Waals surface area contributed by atoms with E-state index in [0.29, 0.717) is 61.3 Å². The molecule has 3 heterocycles. The van der Waals surface area contributed by atoms with Gasteiger partial charge in [0, 0.05) is 123 Å². The number of ketones is 4. The van der Waals surface area contributed by atoms with E-state index in [-0.39, 0.29) is 185 Å². The zero-order chi connectivity index (χ0) is 89.6. The Kier molecular flexibility index (Phi) is 41.8. The fourth-order valence-electron chi connectivity index (χ4n) is 15.6. The number of nitrogens with two attached hydrogens (primary N) is 1. The average Bonchev–Trinajstić information content (AvgIpc) is 1.64. The number of halogens is 1. The molecule has 0 spiro atoms. The zero-order valence-electron chi connectivity index (χ0n) is 73.4. The summed E-state index contributed by atoms with van der Waals surface area (Å²) in [6.45, 7) is 20.9. The molecule has 4 aliphatic rings. The van der Waals surface area contributed by atoms with E-state index < -0.39 is 125 Å². The first kappa shape index (κ1) is 102. The highest BCUT2D eigenvalue weighted by Gasteiger charge is 2.48. The van der Waals surface area contributed by atoms with E-state index in [0.717, 1.165) is 30.7 Å². The van der Waals surface area contributed by atoms with Gasteiger partial charge in [-0.2, -0.15) is 0 Å². The number of methoxy groups -OCH3 is 2. The molecular formula is C88H132FN9O21S. The lowest BCUT2D eigenvalue weighted by molar-refractivity contribution is -0.188. The van der Waals surface area contributed by atoms with Crippen molar-refractivity contribution < 1.29 is 105 Å². The number of esters is 1. The maximum atomic E-state index is 15.1. The highest BCUT2D eigenvalue weighted by Crippen LogP contribution is 2.49. The predicted octanol–water partition coefficient (Wildman–Crippen LogP) is 9.14. The smallest absolute Gasteiger partial charge is 0.409 e. The van der Waals surface area contributed by atoms with Crippen LogP contribution in [0.2, 0.25) is 0 Å². The number of hydroxylamine groups is 2. The number of nitrogens with one attached hydrogen (secondary N) is 2. The number of carbonyl (C=O) groups is 16. The molecule has 32 heteroatoms. The molecule has 4 fully saturated rings. The maximum Gasteiger partial charge on any atom is 0.409 e. The fourth-order valence-corrected chi connectivity index (χ4v) is 17.0. The third kappa shape index (κ3) is 31.2. The van der Waals surface area contributed by atoms with Crippen LogP contribution in [0, 0.1) is 52.7 Å². The normalized spacial score (nSPS) is 18.8. The Morgan fingerprint density at radius 3 is 1.90 bits per heavy atom. The highest BCUT2D eigenvalue weighted by molar-refractivity contribution is 8.00. The molecule has 1 saturated carbocycles. The van der Waals surface area contributed by atoms with Gasteiger partial charge in [0.05, 0.1) is 66.6 Å². The van der Waals surface area contributed by atoms with E-state index in [2.05, 4.69) is 22.4 Å². The van der Waals surface area contributed by atoms with Crippen LogP contribution in [0.25, 0.3) is 0 Å². The molecule has 120 heavy (non-hydrogen) atoms. The minimum atomic E-state index is -1.03. The molecule has 2 aromatic rings. The second kappa shape index (κ2) is 49.3. The van der Waals surface area contributed by atoms with Gasteiger partial charge in [0.2, 0.25) is 41.4 Å². The van der Waals surface area contributed by atoms with Gasteiger partial charge >= 0.3 is 18.5 Å². The van der Waals surface area contributed by atoms with Gasteiger partial charge in [-0.3, -0.25) is 81.7 Å². The molecule has 1 unspecified atom stereocenters. The number of primary amides is 1. The molecule has 0 bridgehead atoms. The van der Waals surface area contributed by atoms with Gasteiger partial charge in [-0.25, -0.2) is 9.18 Å². The molecule has 0 radical (unpaired) electrons. The third-order valence-corrected chi connectivity index (χ3v) is 25.0. The van der Waals surface area contributed by atoms with E-state index in [1.807, 2.05) is 74.4 Å². The molecule has 13 atom stereocenters. The summed E-state index contributed by atoms with van der Waals surface area (Å²) >= 11 is 1.58. The van der Waals surface area contributed by atoms with Crippen LogP contribution in [-0.2, 0) is 104 Å². The summed E-state index contributed by atoms with van der Waals surface area (Å²) in [7, 11) is 9.73. The summed E-state index contributed by atoms with van der Waals surface area (Å²) in [5, 5.41) is 5.83. The number of likely N-dealkylation sites (N-methyl/N-ethyl adjacent to an activating group) is 2. The van der Waals surface area contributed by atoms with E-state index in [1.54, 1.807) is 54.9 Å². The van der Waals surface area contributed by atoms with E-state index in [1.165, 1.54) is 55.0 Å². The lowest BCUT2D eigenvalue weighted by Gasteiger charge is -2.41. The summed E-state index contributed by atoms with van der Waals surface area (Å²) in [6, 6.07) is 7.95. The second-order valence-electron chi connectivity index (χ2n) is 34.2. The van der Waals surface area contributed by atoms with Crippen molar-refractivity contribution in [3.63, 3.8) is 0 Å². The average molecular weight is 1700 g/mol. The van der Waals surface area contributed by atoms with Crippen molar-refractivity contribution in [3.05, 3.63) is 71.0 Å². The lowest BCUT2D eigenvalue weighted by atomic mass is 9.83. The SMILES string of the molecule is CC[C@H](C)[C@@H]([C@@H](CC(=O)N1C[C@@H](OC(=O)N(C)CCCC(=O)OCc2ccc(CC(=O)[C@H](CCCCC(N)=O)NC(=O)[C@@H](CC(=O)CCCCCN3C(=O)CC(SCC4(C)CC4)C3=O)C(C)C)cc2)C[C@H]1[C@H](OC)[C@@H](C)C(=O)N[C@@H](C)C(=O)c1ccc(F)cc1)OC)N(C)C(=O)[C@@H](CC(=O)[C@H](C(C)C)N(C)C)C(C)C.O=CON1C(=O)CCC1=O. The van der Waals surface area contributed by atoms with E-state index in [9.17, 15) is 76.3 Å². The number of thioether (sulfide) groups is 1. The number of carbonyl (C=O) groups excluding carboxylic acids is 16. The Bertz CT molecular complexity index is 3810. The Hall–Kier alpha value is -8.88. The topological polar surface area (TPSA) is 389 Å². The minimum Gasteiger partial charge on any atom is -0.461 e. The highest BCUT2D eigenvalue weighted by atomic mass is 32.2. The summed E-state index contributed by atoms with van der Waals surface area (Å²) in [4.78, 5) is 220. The van der Waals surface area contributed by atoms with Gasteiger partial charge in [-0.15, -0.1) is 16.8 Å². The zero-order valence-corrected chi connectivity index (χ0v) is 74.3. The van der Waals surface area contributed by atoms with Gasteiger partial charge < -0.3 is 54.9 Å². The molecule has 2 aromatic carbocycles. The first-order valence-electron chi connectivity index (χ1n) is 42.2. The number of rotatable bonds is 52. The molecule has 6 rings (SSSR count). The largest absolute Gasteiger partial charge is 0.461 e. The van der Waals surface area contributed by atoms with Crippen molar-refractivity contribution in [1.82, 2.24) is 40.2 Å². The Morgan fingerprint density at radius 1 is 0.708 bits per heavy atom. The molecule has 3 saturated heterocycles. The van der Waals surface area contributed by atoms with E-state index in [4.69, 9.17) is 24.7 Å². The number of amides is 10.